The van der Waals surface area contributed by atoms with Gasteiger partial charge in [-0.05, 0) is 19.1 Å². The Bertz CT molecular complexity index is 540. The number of para-hydroxylation sites is 1. The maximum atomic E-state index is 11.0. The summed E-state index contributed by atoms with van der Waals surface area (Å²) in [6.45, 7) is 3.45. The van der Waals surface area contributed by atoms with Gasteiger partial charge in [-0.25, -0.2) is 4.98 Å². The Hall–Kier alpha value is -1.94. The average molecular weight is 245 g/mol. The van der Waals surface area contributed by atoms with E-state index < -0.39 is 0 Å². The van der Waals surface area contributed by atoms with Gasteiger partial charge < -0.3 is 9.47 Å². The highest BCUT2D eigenvalue weighted by Crippen LogP contribution is 2.20. The second-order valence-corrected chi connectivity index (χ2v) is 3.74. The van der Waals surface area contributed by atoms with Crippen LogP contribution in [0.1, 0.15) is 17.3 Å². The first kappa shape index (κ1) is 12.5. The highest BCUT2D eigenvalue weighted by atomic mass is 16.5. The van der Waals surface area contributed by atoms with Gasteiger partial charge >= 0.3 is 0 Å². The molecule has 0 amide bonds. The zero-order chi connectivity index (χ0) is 12.8. The Morgan fingerprint density at radius 3 is 2.89 bits per heavy atom. The van der Waals surface area contributed by atoms with E-state index in [0.717, 1.165) is 17.2 Å². The molecule has 2 aromatic rings. The van der Waals surface area contributed by atoms with E-state index in [1.165, 1.54) is 0 Å². The van der Waals surface area contributed by atoms with Gasteiger partial charge in [0.15, 0.2) is 6.29 Å². The molecular weight excluding hydrogens is 230 g/mol. The van der Waals surface area contributed by atoms with Crippen molar-refractivity contribution in [3.63, 3.8) is 0 Å². The third-order valence-electron chi connectivity index (χ3n) is 2.51. The molecule has 2 rings (SSSR count). The molecular formula is C14H15NO3. The fraction of sp³-hybridized carbons (Fsp3) is 0.286. The van der Waals surface area contributed by atoms with Gasteiger partial charge in [0, 0.05) is 12.0 Å². The van der Waals surface area contributed by atoms with Crippen LogP contribution in [0.3, 0.4) is 0 Å². The topological polar surface area (TPSA) is 48.4 Å². The lowest BCUT2D eigenvalue weighted by Crippen LogP contribution is -2.08. The van der Waals surface area contributed by atoms with Crippen molar-refractivity contribution in [2.75, 3.05) is 19.8 Å². The van der Waals surface area contributed by atoms with Crippen molar-refractivity contribution in [1.29, 1.82) is 0 Å². The first-order valence-electron chi connectivity index (χ1n) is 5.90. The van der Waals surface area contributed by atoms with Crippen molar-refractivity contribution in [3.8, 4) is 5.88 Å². The normalized spacial score (nSPS) is 10.5. The minimum atomic E-state index is 0.364. The summed E-state index contributed by atoms with van der Waals surface area (Å²) in [6.07, 6.45) is 0.759. The van der Waals surface area contributed by atoms with E-state index in [4.69, 9.17) is 9.47 Å². The van der Waals surface area contributed by atoms with Crippen LogP contribution in [0.2, 0.25) is 0 Å². The number of nitrogens with zero attached hydrogens (tertiary/aromatic N) is 1. The molecule has 0 saturated heterocycles. The van der Waals surface area contributed by atoms with Crippen molar-refractivity contribution in [2.45, 2.75) is 6.92 Å². The lowest BCUT2D eigenvalue weighted by atomic mass is 10.1. The zero-order valence-electron chi connectivity index (χ0n) is 10.3. The molecule has 0 saturated carbocycles. The Kier molecular flexibility index (Phi) is 4.25. The number of aldehydes is 1. The number of pyridine rings is 1. The van der Waals surface area contributed by atoms with Crippen molar-refractivity contribution < 1.29 is 14.3 Å². The number of carbonyl (C=O) groups is 1. The first-order valence-corrected chi connectivity index (χ1v) is 5.90. The first-order chi connectivity index (χ1) is 8.85. The maximum absolute atomic E-state index is 11.0. The van der Waals surface area contributed by atoms with E-state index in [2.05, 4.69) is 4.98 Å². The molecule has 94 valence electrons. The van der Waals surface area contributed by atoms with Crippen LogP contribution in [-0.4, -0.2) is 31.1 Å². The second kappa shape index (κ2) is 6.12. The lowest BCUT2D eigenvalue weighted by Gasteiger charge is -2.08. The van der Waals surface area contributed by atoms with E-state index in [0.29, 0.717) is 31.3 Å². The molecule has 0 aliphatic carbocycles. The molecule has 0 fully saturated rings. The number of aromatic nitrogens is 1. The molecule has 1 aromatic heterocycles. The Balaban J connectivity index is 2.22. The third-order valence-corrected chi connectivity index (χ3v) is 2.51. The summed E-state index contributed by atoms with van der Waals surface area (Å²) in [5.41, 5.74) is 1.28. The molecule has 0 radical (unpaired) electrons. The molecule has 0 unspecified atom stereocenters. The molecule has 1 aromatic carbocycles. The summed E-state index contributed by atoms with van der Waals surface area (Å²) < 4.78 is 10.6. The molecule has 0 atom stereocenters. The standard InChI is InChI=1S/C14H15NO3/c1-2-17-7-8-18-14-12(10-16)9-11-5-3-4-6-13(11)15-14/h3-6,9-10H,2,7-8H2,1H3. The van der Waals surface area contributed by atoms with Crippen LogP contribution >= 0.6 is 0 Å². The van der Waals surface area contributed by atoms with Gasteiger partial charge in [-0.2, -0.15) is 0 Å². The molecule has 4 nitrogen and oxygen atoms in total. The Labute approximate surface area is 106 Å². The minimum absolute atomic E-state index is 0.364. The van der Waals surface area contributed by atoms with E-state index >= 15 is 0 Å². The summed E-state index contributed by atoms with van der Waals surface area (Å²) in [4.78, 5) is 15.3. The number of benzene rings is 1. The van der Waals surface area contributed by atoms with Gasteiger partial charge in [-0.15, -0.1) is 0 Å². The maximum Gasteiger partial charge on any atom is 0.224 e. The third kappa shape index (κ3) is 2.84. The van der Waals surface area contributed by atoms with Crippen molar-refractivity contribution in [3.05, 3.63) is 35.9 Å². The van der Waals surface area contributed by atoms with Crippen LogP contribution < -0.4 is 4.74 Å². The fourth-order valence-electron chi connectivity index (χ4n) is 1.66. The van der Waals surface area contributed by atoms with E-state index in [9.17, 15) is 4.79 Å². The Morgan fingerprint density at radius 2 is 2.11 bits per heavy atom. The minimum Gasteiger partial charge on any atom is -0.475 e. The van der Waals surface area contributed by atoms with E-state index in [-0.39, 0.29) is 0 Å². The summed E-state index contributed by atoms with van der Waals surface area (Å²) in [6, 6.07) is 9.40. The molecule has 0 spiro atoms. The van der Waals surface area contributed by atoms with Gasteiger partial charge in [0.2, 0.25) is 5.88 Å². The van der Waals surface area contributed by atoms with Crippen LogP contribution in [-0.2, 0) is 4.74 Å². The van der Waals surface area contributed by atoms with Crippen LogP contribution in [0.5, 0.6) is 5.88 Å². The fourth-order valence-corrected chi connectivity index (χ4v) is 1.66. The molecule has 18 heavy (non-hydrogen) atoms. The lowest BCUT2D eigenvalue weighted by molar-refractivity contribution is 0.105. The molecule has 4 heteroatoms. The van der Waals surface area contributed by atoms with Gasteiger partial charge in [-0.1, -0.05) is 18.2 Å². The molecule has 0 aliphatic rings. The number of hydrogen-bond donors (Lipinski definition) is 0. The average Bonchev–Trinajstić information content (AvgIpc) is 2.42. The van der Waals surface area contributed by atoms with Gasteiger partial charge in [0.25, 0.3) is 0 Å². The van der Waals surface area contributed by atoms with Crippen molar-refractivity contribution in [2.24, 2.45) is 0 Å². The monoisotopic (exact) mass is 245 g/mol. The Morgan fingerprint density at radius 1 is 1.28 bits per heavy atom. The largest absolute Gasteiger partial charge is 0.475 e. The van der Waals surface area contributed by atoms with E-state index in [1.54, 1.807) is 6.07 Å². The summed E-state index contributed by atoms with van der Waals surface area (Å²) in [7, 11) is 0. The van der Waals surface area contributed by atoms with Gasteiger partial charge in [0.1, 0.15) is 6.61 Å². The number of carbonyl (C=O) groups excluding carboxylic acids is 1. The van der Waals surface area contributed by atoms with Crippen LogP contribution in [0, 0.1) is 0 Å². The summed E-state index contributed by atoms with van der Waals surface area (Å²) in [5, 5.41) is 0.928. The summed E-state index contributed by atoms with van der Waals surface area (Å²) >= 11 is 0. The quantitative estimate of drug-likeness (QED) is 0.579. The summed E-state index contributed by atoms with van der Waals surface area (Å²) in [5.74, 6) is 0.364. The molecule has 0 bridgehead atoms. The molecule has 0 N–H and O–H groups in total. The van der Waals surface area contributed by atoms with Crippen LogP contribution in [0.15, 0.2) is 30.3 Å². The smallest absolute Gasteiger partial charge is 0.224 e. The number of rotatable bonds is 6. The number of fused-ring (bicyclic) bond motifs is 1. The van der Waals surface area contributed by atoms with E-state index in [1.807, 2.05) is 31.2 Å². The van der Waals surface area contributed by atoms with Crippen LogP contribution in [0.4, 0.5) is 0 Å². The van der Waals surface area contributed by atoms with Crippen molar-refractivity contribution in [1.82, 2.24) is 4.98 Å². The highest BCUT2D eigenvalue weighted by molar-refractivity contribution is 5.88. The predicted molar refractivity (Wildman–Crippen MR) is 69.1 cm³/mol. The van der Waals surface area contributed by atoms with Gasteiger partial charge in [-0.3, -0.25) is 4.79 Å². The molecule has 1 heterocycles. The SMILES string of the molecule is CCOCCOc1nc2ccccc2cc1C=O. The number of ether oxygens (including phenoxy) is 2. The van der Waals surface area contributed by atoms with Crippen LogP contribution in [0.25, 0.3) is 10.9 Å². The second-order valence-electron chi connectivity index (χ2n) is 3.74. The predicted octanol–water partition coefficient (Wildman–Crippen LogP) is 2.46. The molecule has 0 aliphatic heterocycles. The van der Waals surface area contributed by atoms with Crippen molar-refractivity contribution >= 4 is 17.2 Å². The highest BCUT2D eigenvalue weighted by Gasteiger charge is 2.07. The zero-order valence-corrected chi connectivity index (χ0v) is 10.3. The van der Waals surface area contributed by atoms with Gasteiger partial charge in [0.05, 0.1) is 17.7 Å². The number of hydrogen-bond acceptors (Lipinski definition) is 4.